The van der Waals surface area contributed by atoms with Crippen molar-refractivity contribution in [3.8, 4) is 0 Å². The molecular formula is C11H14N2O. The molecule has 0 aliphatic carbocycles. The largest absolute Gasteiger partial charge is 0.372 e. The summed E-state index contributed by atoms with van der Waals surface area (Å²) < 4.78 is 5.24. The van der Waals surface area contributed by atoms with E-state index in [4.69, 9.17) is 4.74 Å². The van der Waals surface area contributed by atoms with Crippen LogP contribution in [0.3, 0.4) is 0 Å². The molecule has 0 bridgehead atoms. The Morgan fingerprint density at radius 2 is 2.50 bits per heavy atom. The minimum absolute atomic E-state index is 0.508. The second-order valence-corrected chi connectivity index (χ2v) is 4.05. The minimum Gasteiger partial charge on any atom is -0.372 e. The predicted molar refractivity (Wildman–Crippen MR) is 53.0 cm³/mol. The Morgan fingerprint density at radius 3 is 3.36 bits per heavy atom. The van der Waals surface area contributed by atoms with E-state index in [0.717, 1.165) is 32.7 Å². The lowest BCUT2D eigenvalue weighted by molar-refractivity contribution is 0.224. The molecule has 14 heavy (non-hydrogen) atoms. The van der Waals surface area contributed by atoms with Crippen LogP contribution in [0.5, 0.6) is 0 Å². The van der Waals surface area contributed by atoms with Gasteiger partial charge in [-0.2, -0.15) is 0 Å². The molecule has 3 heterocycles. The van der Waals surface area contributed by atoms with Gasteiger partial charge in [0.15, 0.2) is 0 Å². The first-order valence-electron chi connectivity index (χ1n) is 5.18. The number of hydrogen-bond donors (Lipinski definition) is 0. The van der Waals surface area contributed by atoms with E-state index in [1.165, 1.54) is 11.3 Å². The Kier molecular flexibility index (Phi) is 2.00. The number of pyridine rings is 1. The van der Waals surface area contributed by atoms with Crippen molar-refractivity contribution in [2.45, 2.75) is 19.1 Å². The van der Waals surface area contributed by atoms with Crippen molar-refractivity contribution >= 4 is 0 Å². The zero-order valence-corrected chi connectivity index (χ0v) is 8.15. The molecule has 2 aliphatic rings. The average molecular weight is 190 g/mol. The van der Waals surface area contributed by atoms with Gasteiger partial charge in [0.2, 0.25) is 0 Å². The summed E-state index contributed by atoms with van der Waals surface area (Å²) in [5.41, 5.74) is 2.67. The maximum atomic E-state index is 5.24. The van der Waals surface area contributed by atoms with Gasteiger partial charge in [0.1, 0.15) is 0 Å². The van der Waals surface area contributed by atoms with Crippen LogP contribution >= 0.6 is 0 Å². The number of nitrogens with zero attached hydrogens (tertiary/aromatic N) is 2. The molecule has 0 unspecified atom stereocenters. The molecule has 0 amide bonds. The Labute approximate surface area is 83.7 Å². The highest BCUT2D eigenvalue weighted by molar-refractivity contribution is 5.22. The molecule has 1 saturated heterocycles. The van der Waals surface area contributed by atoms with Crippen LogP contribution in [0.1, 0.15) is 11.3 Å². The summed E-state index contributed by atoms with van der Waals surface area (Å²) >= 11 is 0. The smallest absolute Gasteiger partial charge is 0.0936 e. The van der Waals surface area contributed by atoms with Crippen molar-refractivity contribution in [2.24, 2.45) is 0 Å². The average Bonchev–Trinajstić information content (AvgIpc) is 3.02. The van der Waals surface area contributed by atoms with Crippen LogP contribution in [-0.2, 0) is 17.7 Å². The molecular weight excluding hydrogens is 176 g/mol. The van der Waals surface area contributed by atoms with Crippen LogP contribution in [0.15, 0.2) is 18.3 Å². The monoisotopic (exact) mass is 190 g/mol. The topological polar surface area (TPSA) is 28.7 Å². The number of ether oxygens (including phenoxy) is 1. The molecule has 3 nitrogen and oxygen atoms in total. The molecule has 3 rings (SSSR count). The zero-order chi connectivity index (χ0) is 9.38. The van der Waals surface area contributed by atoms with Gasteiger partial charge in [-0.15, -0.1) is 0 Å². The lowest BCUT2D eigenvalue weighted by Crippen LogP contribution is -2.33. The van der Waals surface area contributed by atoms with Crippen LogP contribution in [0.25, 0.3) is 0 Å². The van der Waals surface area contributed by atoms with E-state index in [0.29, 0.717) is 6.10 Å². The van der Waals surface area contributed by atoms with Crippen molar-refractivity contribution in [2.75, 3.05) is 19.7 Å². The zero-order valence-electron chi connectivity index (χ0n) is 8.15. The molecule has 1 aromatic rings. The van der Waals surface area contributed by atoms with Crippen LogP contribution < -0.4 is 0 Å². The van der Waals surface area contributed by atoms with E-state index in [2.05, 4.69) is 16.0 Å². The summed E-state index contributed by atoms with van der Waals surface area (Å²) in [6.07, 6.45) is 3.48. The van der Waals surface area contributed by atoms with Crippen LogP contribution in [0.2, 0.25) is 0 Å². The van der Waals surface area contributed by atoms with Crippen LogP contribution in [0.4, 0.5) is 0 Å². The van der Waals surface area contributed by atoms with E-state index < -0.39 is 0 Å². The summed E-state index contributed by atoms with van der Waals surface area (Å²) in [5.74, 6) is 0. The highest BCUT2D eigenvalue weighted by Crippen LogP contribution is 2.19. The highest BCUT2D eigenvalue weighted by Gasteiger charge is 2.27. The Bertz CT molecular complexity index is 336. The molecule has 0 N–H and O–H groups in total. The van der Waals surface area contributed by atoms with E-state index in [1.54, 1.807) is 0 Å². The molecule has 0 aromatic carbocycles. The third-order valence-corrected chi connectivity index (χ3v) is 2.91. The maximum absolute atomic E-state index is 5.24. The molecule has 0 saturated carbocycles. The normalized spacial score (nSPS) is 25.9. The third-order valence-electron chi connectivity index (χ3n) is 2.91. The lowest BCUT2D eigenvalue weighted by Gasteiger charge is -2.27. The van der Waals surface area contributed by atoms with E-state index in [9.17, 15) is 0 Å². The summed E-state index contributed by atoms with van der Waals surface area (Å²) in [5, 5.41) is 0. The van der Waals surface area contributed by atoms with Gasteiger partial charge in [-0.25, -0.2) is 0 Å². The van der Waals surface area contributed by atoms with E-state index >= 15 is 0 Å². The van der Waals surface area contributed by atoms with Gasteiger partial charge in [-0.3, -0.25) is 9.88 Å². The molecule has 2 aliphatic heterocycles. The standard InChI is InChI=1S/C11H14N2O/c1-2-9-6-13(7-10-8-14-10)5-3-11(9)12-4-1/h1-2,4,10H,3,5-8H2/t10-/m1/s1. The van der Waals surface area contributed by atoms with Gasteiger partial charge in [0.05, 0.1) is 12.7 Å². The van der Waals surface area contributed by atoms with Crippen molar-refractivity contribution in [1.29, 1.82) is 0 Å². The first-order valence-corrected chi connectivity index (χ1v) is 5.18. The van der Waals surface area contributed by atoms with Crippen LogP contribution in [0, 0.1) is 0 Å². The first kappa shape index (κ1) is 8.38. The Hall–Kier alpha value is -0.930. The van der Waals surface area contributed by atoms with Gasteiger partial charge >= 0.3 is 0 Å². The number of rotatable bonds is 2. The van der Waals surface area contributed by atoms with Crippen molar-refractivity contribution < 1.29 is 4.74 Å². The lowest BCUT2D eigenvalue weighted by atomic mass is 10.1. The van der Waals surface area contributed by atoms with Gasteiger partial charge in [-0.1, -0.05) is 6.07 Å². The maximum Gasteiger partial charge on any atom is 0.0936 e. The molecule has 1 atom stereocenters. The SMILES string of the molecule is c1cnc2c(c1)CN(C[C@@H]1CO1)CC2. The second kappa shape index (κ2) is 3.33. The molecule has 1 fully saturated rings. The Balaban J connectivity index is 1.72. The fourth-order valence-corrected chi connectivity index (χ4v) is 2.04. The Morgan fingerprint density at radius 1 is 1.57 bits per heavy atom. The number of aromatic nitrogens is 1. The molecule has 1 aromatic heterocycles. The van der Waals surface area contributed by atoms with Gasteiger partial charge < -0.3 is 4.74 Å². The predicted octanol–water partition coefficient (Wildman–Crippen LogP) is 0.839. The summed E-state index contributed by atoms with van der Waals surface area (Å²) in [6.45, 7) is 4.22. The highest BCUT2D eigenvalue weighted by atomic mass is 16.6. The van der Waals surface area contributed by atoms with Crippen LogP contribution in [-0.4, -0.2) is 35.7 Å². The summed E-state index contributed by atoms with van der Waals surface area (Å²) in [6, 6.07) is 4.21. The van der Waals surface area contributed by atoms with E-state index in [1.807, 2.05) is 12.3 Å². The van der Waals surface area contributed by atoms with Gasteiger partial charge in [0, 0.05) is 37.9 Å². The minimum atomic E-state index is 0.508. The number of epoxide rings is 1. The summed E-state index contributed by atoms with van der Waals surface area (Å²) in [4.78, 5) is 6.85. The third kappa shape index (κ3) is 1.65. The number of hydrogen-bond acceptors (Lipinski definition) is 3. The van der Waals surface area contributed by atoms with Crippen molar-refractivity contribution in [3.63, 3.8) is 0 Å². The summed E-state index contributed by atoms with van der Waals surface area (Å²) in [7, 11) is 0. The van der Waals surface area contributed by atoms with Crippen molar-refractivity contribution in [3.05, 3.63) is 29.6 Å². The second-order valence-electron chi connectivity index (χ2n) is 4.05. The number of fused-ring (bicyclic) bond motifs is 1. The molecule has 0 radical (unpaired) electrons. The van der Waals surface area contributed by atoms with Gasteiger partial charge in [0.25, 0.3) is 0 Å². The van der Waals surface area contributed by atoms with Crippen molar-refractivity contribution in [1.82, 2.24) is 9.88 Å². The quantitative estimate of drug-likeness (QED) is 0.647. The molecule has 3 heteroatoms. The first-order chi connectivity index (χ1) is 6.92. The fourth-order valence-electron chi connectivity index (χ4n) is 2.04. The molecule has 0 spiro atoms. The fraction of sp³-hybridized carbons (Fsp3) is 0.545. The van der Waals surface area contributed by atoms with Gasteiger partial charge in [-0.05, 0) is 11.6 Å². The molecule has 74 valence electrons. The van der Waals surface area contributed by atoms with E-state index in [-0.39, 0.29) is 0 Å².